The third-order valence-electron chi connectivity index (χ3n) is 3.41. The number of piperidine rings is 1. The minimum Gasteiger partial charge on any atom is -0.356 e. The zero-order valence-electron chi connectivity index (χ0n) is 10.3. The summed E-state index contributed by atoms with van der Waals surface area (Å²) in [6, 6.07) is 1.52. The van der Waals surface area contributed by atoms with Crippen LogP contribution < -0.4 is 4.90 Å². The van der Waals surface area contributed by atoms with Crippen LogP contribution in [0.5, 0.6) is 0 Å². The Labute approximate surface area is 117 Å². The summed E-state index contributed by atoms with van der Waals surface area (Å²) in [4.78, 5) is 9.51. The van der Waals surface area contributed by atoms with E-state index >= 15 is 0 Å². The molecule has 3 heterocycles. The van der Waals surface area contributed by atoms with Crippen LogP contribution in [-0.4, -0.2) is 38.8 Å². The number of nitrogens with zero attached hydrogens (tertiary/aromatic N) is 5. The summed E-state index contributed by atoms with van der Waals surface area (Å²) in [5.74, 6) is -0.560. The highest BCUT2D eigenvalue weighted by Crippen LogP contribution is 2.35. The Hall–Kier alpha value is -1.57. The SMILES string of the molecule is FC(F)(F)C1CCCN(c2cc(Cl)nc3ncnn23)C1. The molecule has 0 aromatic carbocycles. The van der Waals surface area contributed by atoms with Gasteiger partial charge in [-0.1, -0.05) is 11.6 Å². The van der Waals surface area contributed by atoms with Crippen LogP contribution in [0.1, 0.15) is 12.8 Å². The molecule has 1 unspecified atom stereocenters. The van der Waals surface area contributed by atoms with E-state index in [0.29, 0.717) is 18.8 Å². The van der Waals surface area contributed by atoms with Crippen molar-refractivity contribution >= 4 is 23.2 Å². The van der Waals surface area contributed by atoms with E-state index < -0.39 is 12.1 Å². The topological polar surface area (TPSA) is 46.3 Å². The van der Waals surface area contributed by atoms with Gasteiger partial charge in [0.1, 0.15) is 17.3 Å². The van der Waals surface area contributed by atoms with Crippen LogP contribution in [0, 0.1) is 5.92 Å². The van der Waals surface area contributed by atoms with E-state index in [-0.39, 0.29) is 23.9 Å². The Balaban J connectivity index is 1.96. The van der Waals surface area contributed by atoms with Crippen molar-refractivity contribution in [2.75, 3.05) is 18.0 Å². The van der Waals surface area contributed by atoms with Crippen molar-refractivity contribution in [3.63, 3.8) is 0 Å². The number of hydrogen-bond donors (Lipinski definition) is 0. The zero-order chi connectivity index (χ0) is 14.3. The lowest BCUT2D eigenvalue weighted by molar-refractivity contribution is -0.176. The lowest BCUT2D eigenvalue weighted by Crippen LogP contribution is -2.42. The molecule has 0 aliphatic carbocycles. The Morgan fingerprint density at radius 1 is 1.35 bits per heavy atom. The minimum atomic E-state index is -4.18. The van der Waals surface area contributed by atoms with Gasteiger partial charge in [0.05, 0.1) is 5.92 Å². The van der Waals surface area contributed by atoms with Gasteiger partial charge >= 0.3 is 6.18 Å². The van der Waals surface area contributed by atoms with Crippen LogP contribution in [0.2, 0.25) is 5.15 Å². The fourth-order valence-electron chi connectivity index (χ4n) is 2.45. The molecule has 3 rings (SSSR count). The molecule has 9 heteroatoms. The smallest absolute Gasteiger partial charge is 0.356 e. The van der Waals surface area contributed by atoms with E-state index in [9.17, 15) is 13.2 Å². The number of aromatic nitrogens is 4. The molecule has 0 N–H and O–H groups in total. The van der Waals surface area contributed by atoms with E-state index in [1.54, 1.807) is 4.90 Å². The maximum atomic E-state index is 12.9. The average Bonchev–Trinajstić information content (AvgIpc) is 2.85. The van der Waals surface area contributed by atoms with E-state index in [2.05, 4.69) is 15.1 Å². The van der Waals surface area contributed by atoms with Crippen LogP contribution >= 0.6 is 11.6 Å². The van der Waals surface area contributed by atoms with Gasteiger partial charge in [-0.05, 0) is 12.8 Å². The summed E-state index contributed by atoms with van der Waals surface area (Å²) in [7, 11) is 0. The fraction of sp³-hybridized carbons (Fsp3) is 0.545. The van der Waals surface area contributed by atoms with Crippen molar-refractivity contribution in [2.45, 2.75) is 19.0 Å². The van der Waals surface area contributed by atoms with E-state index in [1.807, 2.05) is 0 Å². The zero-order valence-corrected chi connectivity index (χ0v) is 11.1. The molecule has 2 aromatic rings. The highest BCUT2D eigenvalue weighted by Gasteiger charge is 2.42. The molecule has 1 saturated heterocycles. The summed E-state index contributed by atoms with van der Waals surface area (Å²) < 4.78 is 40.0. The lowest BCUT2D eigenvalue weighted by Gasteiger charge is -2.34. The predicted octanol–water partition coefficient (Wildman–Crippen LogP) is 2.56. The molecule has 1 fully saturated rings. The third kappa shape index (κ3) is 2.39. The maximum Gasteiger partial charge on any atom is 0.393 e. The normalized spacial score (nSPS) is 20.6. The van der Waals surface area contributed by atoms with E-state index in [0.717, 1.165) is 0 Å². The van der Waals surface area contributed by atoms with Crippen LogP contribution in [-0.2, 0) is 0 Å². The van der Waals surface area contributed by atoms with Crippen molar-refractivity contribution in [1.82, 2.24) is 19.6 Å². The second-order valence-electron chi connectivity index (χ2n) is 4.74. The van der Waals surface area contributed by atoms with Gasteiger partial charge in [0, 0.05) is 19.2 Å². The first-order valence-electron chi connectivity index (χ1n) is 6.13. The van der Waals surface area contributed by atoms with Crippen molar-refractivity contribution in [3.8, 4) is 0 Å². The van der Waals surface area contributed by atoms with E-state index in [4.69, 9.17) is 11.6 Å². The van der Waals surface area contributed by atoms with Crippen molar-refractivity contribution in [3.05, 3.63) is 17.5 Å². The summed E-state index contributed by atoms with van der Waals surface area (Å²) in [5, 5.41) is 4.17. The van der Waals surface area contributed by atoms with Crippen molar-refractivity contribution in [1.29, 1.82) is 0 Å². The van der Waals surface area contributed by atoms with Gasteiger partial charge in [-0.25, -0.2) is 0 Å². The first-order valence-corrected chi connectivity index (χ1v) is 6.51. The summed E-state index contributed by atoms with van der Waals surface area (Å²) >= 11 is 5.89. The van der Waals surface area contributed by atoms with Crippen molar-refractivity contribution in [2.24, 2.45) is 5.92 Å². The first-order chi connectivity index (χ1) is 9.45. The van der Waals surface area contributed by atoms with E-state index in [1.165, 1.54) is 16.9 Å². The average molecular weight is 306 g/mol. The second-order valence-corrected chi connectivity index (χ2v) is 5.12. The quantitative estimate of drug-likeness (QED) is 0.760. The number of anilines is 1. The summed E-state index contributed by atoms with van der Waals surface area (Å²) in [5.41, 5.74) is 0. The third-order valence-corrected chi connectivity index (χ3v) is 3.60. The molecule has 5 nitrogen and oxygen atoms in total. The van der Waals surface area contributed by atoms with Crippen molar-refractivity contribution < 1.29 is 13.2 Å². The number of hydrogen-bond acceptors (Lipinski definition) is 4. The summed E-state index contributed by atoms with van der Waals surface area (Å²) in [6.45, 7) is 0.431. The highest BCUT2D eigenvalue weighted by molar-refractivity contribution is 6.29. The Kier molecular flexibility index (Phi) is 3.19. The monoisotopic (exact) mass is 305 g/mol. The molecule has 20 heavy (non-hydrogen) atoms. The van der Waals surface area contributed by atoms with Crippen LogP contribution in [0.25, 0.3) is 5.78 Å². The van der Waals surface area contributed by atoms with Gasteiger partial charge in [-0.15, -0.1) is 0 Å². The van der Waals surface area contributed by atoms with Gasteiger partial charge in [-0.2, -0.15) is 32.8 Å². The molecular formula is C11H11ClF3N5. The molecule has 1 aliphatic heterocycles. The van der Waals surface area contributed by atoms with Crippen LogP contribution in [0.4, 0.5) is 19.0 Å². The van der Waals surface area contributed by atoms with Crippen LogP contribution in [0.15, 0.2) is 12.4 Å². The Morgan fingerprint density at radius 3 is 2.90 bits per heavy atom. The molecule has 1 atom stereocenters. The first kappa shape index (κ1) is 13.4. The summed E-state index contributed by atoms with van der Waals surface area (Å²) in [6.07, 6.45) is -2.26. The fourth-order valence-corrected chi connectivity index (χ4v) is 2.62. The molecule has 108 valence electrons. The minimum absolute atomic E-state index is 0.0984. The predicted molar refractivity (Wildman–Crippen MR) is 66.8 cm³/mol. The number of halogens is 4. The number of fused-ring (bicyclic) bond motifs is 1. The number of alkyl halides is 3. The molecule has 1 aliphatic rings. The van der Waals surface area contributed by atoms with Gasteiger partial charge in [0.2, 0.25) is 0 Å². The maximum absolute atomic E-state index is 12.9. The molecule has 0 saturated carbocycles. The molecule has 0 spiro atoms. The Morgan fingerprint density at radius 2 is 2.15 bits per heavy atom. The second kappa shape index (κ2) is 4.76. The van der Waals surface area contributed by atoms with Gasteiger partial charge in [-0.3, -0.25) is 0 Å². The molecule has 0 radical (unpaired) electrons. The van der Waals surface area contributed by atoms with Gasteiger partial charge in [0.25, 0.3) is 5.78 Å². The number of rotatable bonds is 1. The lowest BCUT2D eigenvalue weighted by atomic mass is 9.97. The van der Waals surface area contributed by atoms with Gasteiger partial charge in [0.15, 0.2) is 0 Å². The van der Waals surface area contributed by atoms with Gasteiger partial charge < -0.3 is 4.90 Å². The molecular weight excluding hydrogens is 295 g/mol. The largest absolute Gasteiger partial charge is 0.393 e. The van der Waals surface area contributed by atoms with Crippen LogP contribution in [0.3, 0.4) is 0 Å². The highest BCUT2D eigenvalue weighted by atomic mass is 35.5. The Bertz CT molecular complexity index is 626. The molecule has 0 amide bonds. The molecule has 0 bridgehead atoms. The standard InChI is InChI=1S/C11H11ClF3N5/c12-8-4-9(20-10(18-8)16-6-17-20)19-3-1-2-7(5-19)11(13,14)15/h4,6-7H,1-3,5H2. The molecule has 2 aromatic heterocycles.